The third-order valence-corrected chi connectivity index (χ3v) is 5.13. The summed E-state index contributed by atoms with van der Waals surface area (Å²) in [4.78, 5) is 0. The Morgan fingerprint density at radius 3 is 2.78 bits per heavy atom. The minimum Gasteiger partial charge on any atom is -0.494 e. The maximum absolute atomic E-state index is 6.04. The topological polar surface area (TPSA) is 21.3 Å². The lowest BCUT2D eigenvalue weighted by Crippen LogP contribution is -2.29. The van der Waals surface area contributed by atoms with Gasteiger partial charge in [0, 0.05) is 16.6 Å². The monoisotopic (exact) mass is 325 g/mol. The number of halogens is 1. The molecule has 0 fully saturated rings. The molecular formula is C20H20ClNO. The third kappa shape index (κ3) is 2.61. The van der Waals surface area contributed by atoms with Crippen molar-refractivity contribution in [1.82, 2.24) is 0 Å². The van der Waals surface area contributed by atoms with Gasteiger partial charge in [0.1, 0.15) is 5.75 Å². The first-order valence-corrected chi connectivity index (χ1v) is 8.59. The number of hydrogen-bond donors (Lipinski definition) is 1. The minimum absolute atomic E-state index is 0.317. The van der Waals surface area contributed by atoms with E-state index in [1.165, 1.54) is 16.8 Å². The van der Waals surface area contributed by atoms with Crippen molar-refractivity contribution in [2.45, 2.75) is 25.3 Å². The van der Waals surface area contributed by atoms with Crippen LogP contribution in [0.3, 0.4) is 0 Å². The molecule has 2 aromatic rings. The first-order valence-electron chi connectivity index (χ1n) is 8.21. The van der Waals surface area contributed by atoms with Gasteiger partial charge in [-0.05, 0) is 60.7 Å². The molecule has 1 heterocycles. The lowest BCUT2D eigenvalue weighted by atomic mass is 9.77. The molecular weight excluding hydrogens is 306 g/mol. The van der Waals surface area contributed by atoms with Crippen LogP contribution < -0.4 is 10.1 Å². The number of nitrogens with one attached hydrogen (secondary N) is 1. The summed E-state index contributed by atoms with van der Waals surface area (Å²) in [5.74, 6) is 1.95. The van der Waals surface area contributed by atoms with E-state index in [1.807, 2.05) is 25.1 Å². The maximum atomic E-state index is 6.04. The van der Waals surface area contributed by atoms with Gasteiger partial charge in [0.2, 0.25) is 0 Å². The molecule has 0 saturated carbocycles. The molecule has 2 nitrogen and oxygen atoms in total. The second-order valence-electron chi connectivity index (χ2n) is 6.21. The van der Waals surface area contributed by atoms with Crippen LogP contribution in [-0.2, 0) is 0 Å². The zero-order chi connectivity index (χ0) is 15.8. The summed E-state index contributed by atoms with van der Waals surface area (Å²) >= 11 is 6.04. The predicted octanol–water partition coefficient (Wildman–Crippen LogP) is 5.57. The number of ether oxygens (including phenoxy) is 1. The van der Waals surface area contributed by atoms with Crippen LogP contribution in [0, 0.1) is 5.92 Å². The molecule has 3 atom stereocenters. The second kappa shape index (κ2) is 5.93. The molecule has 0 amide bonds. The Hall–Kier alpha value is -1.93. The number of allylic oxidation sites excluding steroid dienone is 2. The normalized spacial score (nSPS) is 24.7. The highest BCUT2D eigenvalue weighted by atomic mass is 35.5. The van der Waals surface area contributed by atoms with Crippen molar-refractivity contribution >= 4 is 17.3 Å². The van der Waals surface area contributed by atoms with Crippen molar-refractivity contribution in [3.8, 4) is 5.75 Å². The van der Waals surface area contributed by atoms with E-state index in [4.69, 9.17) is 16.3 Å². The molecule has 0 saturated heterocycles. The summed E-state index contributed by atoms with van der Waals surface area (Å²) in [6.45, 7) is 2.72. The average molecular weight is 326 g/mol. The second-order valence-corrected chi connectivity index (χ2v) is 6.65. The molecule has 118 valence electrons. The van der Waals surface area contributed by atoms with Crippen LogP contribution in [0.4, 0.5) is 5.69 Å². The lowest BCUT2D eigenvalue weighted by molar-refractivity contribution is 0.338. The highest BCUT2D eigenvalue weighted by Crippen LogP contribution is 2.50. The molecule has 1 aliphatic carbocycles. The minimum atomic E-state index is 0.317. The van der Waals surface area contributed by atoms with Crippen LogP contribution in [-0.4, -0.2) is 6.61 Å². The number of anilines is 1. The van der Waals surface area contributed by atoms with Gasteiger partial charge in [0.15, 0.2) is 0 Å². The highest BCUT2D eigenvalue weighted by Gasteiger charge is 2.37. The summed E-state index contributed by atoms with van der Waals surface area (Å²) in [6, 6.07) is 14.9. The molecule has 2 aliphatic rings. The van der Waals surface area contributed by atoms with Crippen LogP contribution in [0.1, 0.15) is 36.4 Å². The summed E-state index contributed by atoms with van der Waals surface area (Å²) in [5, 5.41) is 4.52. The third-order valence-electron chi connectivity index (χ3n) is 4.87. The van der Waals surface area contributed by atoms with Crippen LogP contribution in [0.5, 0.6) is 5.75 Å². The largest absolute Gasteiger partial charge is 0.494 e. The number of hydrogen-bond acceptors (Lipinski definition) is 2. The molecule has 0 aromatic heterocycles. The zero-order valence-corrected chi connectivity index (χ0v) is 13.9. The van der Waals surface area contributed by atoms with E-state index in [-0.39, 0.29) is 0 Å². The van der Waals surface area contributed by atoms with Crippen LogP contribution in [0.2, 0.25) is 5.02 Å². The van der Waals surface area contributed by atoms with Gasteiger partial charge in [0.25, 0.3) is 0 Å². The quantitative estimate of drug-likeness (QED) is 0.745. The Morgan fingerprint density at radius 1 is 1.17 bits per heavy atom. The van der Waals surface area contributed by atoms with Crippen molar-refractivity contribution in [2.75, 3.05) is 11.9 Å². The lowest BCUT2D eigenvalue weighted by Gasteiger charge is -2.37. The standard InChI is InChI=1S/C20H20ClNO/c1-2-23-15-10-11-19-18(12-15)16-4-3-5-17(16)20(22-19)13-6-8-14(21)9-7-13/h3-4,6-12,16-17,20,22H,2,5H2,1H3/t16-,17-,20+/m1/s1. The summed E-state index contributed by atoms with van der Waals surface area (Å²) in [6.07, 6.45) is 5.76. The Labute approximate surface area is 142 Å². The number of benzene rings is 2. The molecule has 0 radical (unpaired) electrons. The molecule has 23 heavy (non-hydrogen) atoms. The van der Waals surface area contributed by atoms with Crippen molar-refractivity contribution in [2.24, 2.45) is 5.92 Å². The molecule has 1 aliphatic heterocycles. The summed E-state index contributed by atoms with van der Waals surface area (Å²) in [7, 11) is 0. The maximum Gasteiger partial charge on any atom is 0.119 e. The Bertz CT molecular complexity index is 738. The summed E-state index contributed by atoms with van der Waals surface area (Å²) in [5.41, 5.74) is 3.86. The molecule has 1 N–H and O–H groups in total. The van der Waals surface area contributed by atoms with Gasteiger partial charge in [-0.3, -0.25) is 0 Å². The Kier molecular flexibility index (Phi) is 3.78. The van der Waals surface area contributed by atoms with Gasteiger partial charge < -0.3 is 10.1 Å². The molecule has 0 spiro atoms. The van der Waals surface area contributed by atoms with Crippen LogP contribution >= 0.6 is 11.6 Å². The van der Waals surface area contributed by atoms with E-state index in [1.54, 1.807) is 0 Å². The predicted molar refractivity (Wildman–Crippen MR) is 95.4 cm³/mol. The molecule has 3 heteroatoms. The fourth-order valence-electron chi connectivity index (χ4n) is 3.83. The molecule has 4 rings (SSSR count). The van der Waals surface area contributed by atoms with Crippen molar-refractivity contribution < 1.29 is 4.74 Å². The van der Waals surface area contributed by atoms with Gasteiger partial charge >= 0.3 is 0 Å². The van der Waals surface area contributed by atoms with Gasteiger partial charge in [-0.15, -0.1) is 0 Å². The fourth-order valence-corrected chi connectivity index (χ4v) is 3.96. The molecule has 0 bridgehead atoms. The van der Waals surface area contributed by atoms with Crippen molar-refractivity contribution in [3.05, 3.63) is 70.8 Å². The van der Waals surface area contributed by atoms with E-state index in [9.17, 15) is 0 Å². The first-order chi connectivity index (χ1) is 11.3. The van der Waals surface area contributed by atoms with Crippen LogP contribution in [0.25, 0.3) is 0 Å². The van der Waals surface area contributed by atoms with E-state index in [2.05, 4.69) is 41.7 Å². The van der Waals surface area contributed by atoms with E-state index in [0.29, 0.717) is 24.5 Å². The van der Waals surface area contributed by atoms with Crippen molar-refractivity contribution in [3.63, 3.8) is 0 Å². The van der Waals surface area contributed by atoms with Gasteiger partial charge in [-0.1, -0.05) is 35.9 Å². The molecule has 2 aromatic carbocycles. The van der Waals surface area contributed by atoms with Crippen LogP contribution in [0.15, 0.2) is 54.6 Å². The smallest absolute Gasteiger partial charge is 0.119 e. The van der Waals surface area contributed by atoms with Crippen molar-refractivity contribution in [1.29, 1.82) is 0 Å². The number of rotatable bonds is 3. The van der Waals surface area contributed by atoms with E-state index < -0.39 is 0 Å². The van der Waals surface area contributed by atoms with E-state index >= 15 is 0 Å². The zero-order valence-electron chi connectivity index (χ0n) is 13.1. The SMILES string of the molecule is CCOc1ccc2c(c1)[C@@H]1C=CC[C@H]1[C@H](c1ccc(Cl)cc1)N2. The molecule has 0 unspecified atom stereocenters. The summed E-state index contributed by atoms with van der Waals surface area (Å²) < 4.78 is 5.68. The van der Waals surface area contributed by atoms with E-state index in [0.717, 1.165) is 17.2 Å². The van der Waals surface area contributed by atoms with Gasteiger partial charge in [-0.2, -0.15) is 0 Å². The Morgan fingerprint density at radius 2 is 2.00 bits per heavy atom. The number of fused-ring (bicyclic) bond motifs is 3. The van der Waals surface area contributed by atoms with Gasteiger partial charge in [-0.25, -0.2) is 0 Å². The first kappa shape index (κ1) is 14.6. The van der Waals surface area contributed by atoms with Gasteiger partial charge in [0.05, 0.1) is 12.6 Å². The Balaban J connectivity index is 1.72. The average Bonchev–Trinajstić information content (AvgIpc) is 3.05. The highest BCUT2D eigenvalue weighted by molar-refractivity contribution is 6.30. The fraction of sp³-hybridized carbons (Fsp3) is 0.300.